The van der Waals surface area contributed by atoms with Crippen LogP contribution in [0, 0.1) is 11.3 Å². The molecule has 2 heterocycles. The Bertz CT molecular complexity index is 1190. The third kappa shape index (κ3) is 4.58. The topological polar surface area (TPSA) is 83.3 Å². The van der Waals surface area contributed by atoms with Gasteiger partial charge < -0.3 is 9.64 Å². The van der Waals surface area contributed by atoms with E-state index in [9.17, 15) is 13.7 Å². The molecule has 0 N–H and O–H groups in total. The van der Waals surface area contributed by atoms with E-state index in [4.69, 9.17) is 9.72 Å². The van der Waals surface area contributed by atoms with Crippen LogP contribution in [0.1, 0.15) is 29.7 Å². The molecule has 160 valence electrons. The summed E-state index contributed by atoms with van der Waals surface area (Å²) in [6.45, 7) is 1.27. The van der Waals surface area contributed by atoms with Gasteiger partial charge in [0.25, 0.3) is 0 Å². The number of thiazole rings is 1. The van der Waals surface area contributed by atoms with Gasteiger partial charge in [-0.15, -0.1) is 11.3 Å². The molecule has 0 amide bonds. The number of aromatic nitrogens is 1. The van der Waals surface area contributed by atoms with Crippen molar-refractivity contribution in [1.29, 1.82) is 5.26 Å². The number of hydrogen-bond acceptors (Lipinski definition) is 7. The molecule has 2 aromatic carbocycles. The Morgan fingerprint density at radius 1 is 1.16 bits per heavy atom. The summed E-state index contributed by atoms with van der Waals surface area (Å²) in [4.78, 5) is 7.07. The van der Waals surface area contributed by atoms with Crippen LogP contribution in [0.25, 0.3) is 0 Å². The summed E-state index contributed by atoms with van der Waals surface area (Å²) in [5.74, 6) is 0.831. The highest BCUT2D eigenvalue weighted by Gasteiger charge is 2.33. The van der Waals surface area contributed by atoms with E-state index in [1.54, 1.807) is 36.6 Å². The van der Waals surface area contributed by atoms with Gasteiger partial charge in [-0.25, -0.2) is 13.4 Å². The first-order chi connectivity index (χ1) is 15.0. The number of benzene rings is 2. The van der Waals surface area contributed by atoms with Gasteiger partial charge in [-0.2, -0.15) is 5.26 Å². The first-order valence-corrected chi connectivity index (χ1v) is 12.5. The predicted octanol–water partition coefficient (Wildman–Crippen LogP) is 4.06. The van der Waals surface area contributed by atoms with Gasteiger partial charge in [-0.1, -0.05) is 24.3 Å². The van der Waals surface area contributed by atoms with Gasteiger partial charge in [-0.05, 0) is 42.7 Å². The highest BCUT2D eigenvalue weighted by atomic mass is 32.2. The van der Waals surface area contributed by atoms with Crippen LogP contribution in [0.5, 0.6) is 5.75 Å². The number of sulfone groups is 1. The highest BCUT2D eigenvalue weighted by molar-refractivity contribution is 7.92. The molecule has 1 saturated heterocycles. The van der Waals surface area contributed by atoms with Crippen LogP contribution in [-0.2, 0) is 16.3 Å². The Morgan fingerprint density at radius 3 is 2.55 bits per heavy atom. The van der Waals surface area contributed by atoms with Gasteiger partial charge in [-0.3, -0.25) is 0 Å². The number of nitriles is 1. The van der Waals surface area contributed by atoms with Crippen LogP contribution in [-0.4, -0.2) is 38.9 Å². The van der Waals surface area contributed by atoms with Crippen LogP contribution in [0.15, 0.2) is 58.8 Å². The normalized spacial score (nSPS) is 14.9. The Labute approximate surface area is 186 Å². The van der Waals surface area contributed by atoms with Crippen LogP contribution in [0.2, 0.25) is 0 Å². The zero-order chi connectivity index (χ0) is 21.8. The summed E-state index contributed by atoms with van der Waals surface area (Å²) >= 11 is 1.59. The molecular formula is C23H23N3O3S2. The fraction of sp³-hybridized carbons (Fsp3) is 0.304. The van der Waals surface area contributed by atoms with E-state index < -0.39 is 15.1 Å². The predicted molar refractivity (Wildman–Crippen MR) is 121 cm³/mol. The van der Waals surface area contributed by atoms with Gasteiger partial charge in [0.1, 0.15) is 11.8 Å². The second-order valence-electron chi connectivity index (χ2n) is 7.49. The molecule has 31 heavy (non-hydrogen) atoms. The van der Waals surface area contributed by atoms with E-state index in [0.717, 1.165) is 23.0 Å². The van der Waals surface area contributed by atoms with Crippen molar-refractivity contribution in [2.24, 2.45) is 0 Å². The molecule has 3 aromatic rings. The Morgan fingerprint density at radius 2 is 1.87 bits per heavy atom. The van der Waals surface area contributed by atoms with Crippen molar-refractivity contribution >= 4 is 26.3 Å². The van der Waals surface area contributed by atoms with Crippen molar-refractivity contribution in [1.82, 2.24) is 4.98 Å². The molecule has 0 spiro atoms. The van der Waals surface area contributed by atoms with Crippen molar-refractivity contribution in [3.8, 4) is 11.8 Å². The largest absolute Gasteiger partial charge is 0.497 e. The van der Waals surface area contributed by atoms with E-state index in [1.165, 1.54) is 11.6 Å². The summed E-state index contributed by atoms with van der Waals surface area (Å²) in [5.41, 5.74) is 2.38. The molecule has 6 nitrogen and oxygen atoms in total. The Kier molecular flexibility index (Phi) is 6.25. The third-order valence-electron chi connectivity index (χ3n) is 5.55. The fourth-order valence-electron chi connectivity index (χ4n) is 3.82. The number of methoxy groups -OCH3 is 1. The molecule has 1 fully saturated rings. The quantitative estimate of drug-likeness (QED) is 0.560. The van der Waals surface area contributed by atoms with Crippen molar-refractivity contribution in [2.75, 3.05) is 25.1 Å². The lowest BCUT2D eigenvalue weighted by Crippen LogP contribution is -2.39. The monoisotopic (exact) mass is 453 g/mol. The molecule has 0 radical (unpaired) electrons. The molecule has 1 aliphatic rings. The molecular weight excluding hydrogens is 430 g/mol. The molecule has 1 aliphatic heterocycles. The smallest absolute Gasteiger partial charge is 0.185 e. The van der Waals surface area contributed by atoms with Gasteiger partial charge >= 0.3 is 0 Å². The summed E-state index contributed by atoms with van der Waals surface area (Å²) in [5, 5.41) is 11.8. The number of rotatable bonds is 6. The van der Waals surface area contributed by atoms with Gasteiger partial charge in [0, 0.05) is 24.9 Å². The van der Waals surface area contributed by atoms with E-state index in [1.807, 2.05) is 30.3 Å². The third-order valence-corrected chi connectivity index (χ3v) is 8.82. The standard InChI is InChI=1S/C23H23N3O3S2/c1-29-20-8-6-17(7-9-20)14-19-16-30-23(25-19)26-12-10-21(11-13-26)31(27,28)22-5-3-2-4-18(22)15-24/h2-9,16,21H,10-14H2,1H3. The molecule has 4 rings (SSSR count). The second-order valence-corrected chi connectivity index (χ2v) is 10.5. The maximum Gasteiger partial charge on any atom is 0.185 e. The lowest BCUT2D eigenvalue weighted by Gasteiger charge is -2.31. The number of piperidine rings is 1. The number of nitrogens with zero attached hydrogens (tertiary/aromatic N) is 3. The lowest BCUT2D eigenvalue weighted by molar-refractivity contribution is 0.414. The van der Waals surface area contributed by atoms with Gasteiger partial charge in [0.05, 0.1) is 28.5 Å². The fourth-order valence-corrected chi connectivity index (χ4v) is 6.58. The van der Waals surface area contributed by atoms with Gasteiger partial charge in [0.2, 0.25) is 0 Å². The summed E-state index contributed by atoms with van der Waals surface area (Å²) < 4.78 is 31.3. The number of ether oxygens (including phenoxy) is 1. The summed E-state index contributed by atoms with van der Waals surface area (Å²) in [6.07, 6.45) is 1.79. The van der Waals surface area contributed by atoms with Crippen LogP contribution >= 0.6 is 11.3 Å². The Balaban J connectivity index is 1.40. The molecule has 0 aliphatic carbocycles. The zero-order valence-electron chi connectivity index (χ0n) is 17.2. The lowest BCUT2D eigenvalue weighted by atomic mass is 10.1. The maximum atomic E-state index is 13.1. The van der Waals surface area contributed by atoms with Crippen molar-refractivity contribution in [3.63, 3.8) is 0 Å². The summed E-state index contributed by atoms with van der Waals surface area (Å²) in [7, 11) is -1.88. The minimum atomic E-state index is -3.53. The summed E-state index contributed by atoms with van der Waals surface area (Å²) in [6, 6.07) is 16.4. The average molecular weight is 454 g/mol. The number of hydrogen-bond donors (Lipinski definition) is 0. The first-order valence-electron chi connectivity index (χ1n) is 10.1. The van der Waals surface area contributed by atoms with Gasteiger partial charge in [0.15, 0.2) is 15.0 Å². The van der Waals surface area contributed by atoms with E-state index >= 15 is 0 Å². The minimum Gasteiger partial charge on any atom is -0.497 e. The average Bonchev–Trinajstić information content (AvgIpc) is 3.28. The maximum absolute atomic E-state index is 13.1. The van der Waals surface area contributed by atoms with E-state index in [-0.39, 0.29) is 10.5 Å². The molecule has 0 unspecified atom stereocenters. The SMILES string of the molecule is COc1ccc(Cc2csc(N3CCC(S(=O)(=O)c4ccccc4C#N)CC3)n2)cc1. The molecule has 0 bridgehead atoms. The Hall–Kier alpha value is -2.89. The van der Waals surface area contributed by atoms with E-state index in [0.29, 0.717) is 25.9 Å². The molecule has 0 saturated carbocycles. The molecule has 0 atom stereocenters. The molecule has 8 heteroatoms. The van der Waals surface area contributed by atoms with Crippen molar-refractivity contribution in [3.05, 3.63) is 70.7 Å². The zero-order valence-corrected chi connectivity index (χ0v) is 18.8. The van der Waals surface area contributed by atoms with Crippen LogP contribution in [0.3, 0.4) is 0 Å². The van der Waals surface area contributed by atoms with E-state index in [2.05, 4.69) is 10.3 Å². The highest BCUT2D eigenvalue weighted by Crippen LogP contribution is 2.30. The molecule has 1 aromatic heterocycles. The van der Waals surface area contributed by atoms with Crippen LogP contribution in [0.4, 0.5) is 5.13 Å². The minimum absolute atomic E-state index is 0.145. The number of anilines is 1. The van der Waals surface area contributed by atoms with Crippen molar-refractivity contribution < 1.29 is 13.2 Å². The van der Waals surface area contributed by atoms with Crippen molar-refractivity contribution in [2.45, 2.75) is 29.4 Å². The second kappa shape index (κ2) is 9.08. The van der Waals surface area contributed by atoms with Crippen LogP contribution < -0.4 is 9.64 Å². The first kappa shape index (κ1) is 21.3.